The number of ketones is 1. The van der Waals surface area contributed by atoms with Crippen LogP contribution >= 0.6 is 0 Å². The smallest absolute Gasteiger partial charge is 0.161 e. The lowest BCUT2D eigenvalue weighted by atomic mass is 10.0. The minimum absolute atomic E-state index is 0.0692. The Hall–Kier alpha value is -1.82. The molecule has 0 atom stereocenters. The maximum atomic E-state index is 11.8. The maximum Gasteiger partial charge on any atom is 0.161 e. The topological polar surface area (TPSA) is 44.1 Å². The van der Waals surface area contributed by atoms with Crippen LogP contribution in [-0.4, -0.2) is 18.4 Å². The van der Waals surface area contributed by atoms with Gasteiger partial charge in [-0.3, -0.25) is 4.79 Å². The highest BCUT2D eigenvalue weighted by molar-refractivity contribution is 6.00. The van der Waals surface area contributed by atoms with E-state index in [0.717, 1.165) is 24.2 Å². The van der Waals surface area contributed by atoms with Crippen LogP contribution in [0.1, 0.15) is 56.0 Å². The van der Waals surface area contributed by atoms with Crippen molar-refractivity contribution in [2.24, 2.45) is 5.92 Å². The number of nitriles is 1. The molecule has 1 saturated carbocycles. The van der Waals surface area contributed by atoms with Gasteiger partial charge >= 0.3 is 0 Å². The maximum absolute atomic E-state index is 11.8. The molecule has 1 aromatic carbocycles. The third-order valence-electron chi connectivity index (χ3n) is 3.75. The summed E-state index contributed by atoms with van der Waals surface area (Å²) in [6, 6.07) is 8.11. The van der Waals surface area contributed by atoms with Gasteiger partial charge in [-0.05, 0) is 50.3 Å². The number of nitrogens with zero attached hydrogens (tertiary/aromatic N) is 2. The minimum atomic E-state index is 0.0692. The summed E-state index contributed by atoms with van der Waals surface area (Å²) in [5, 5.41) is 9.09. The van der Waals surface area contributed by atoms with Crippen molar-refractivity contribution in [3.8, 4) is 6.07 Å². The first-order valence-corrected chi connectivity index (χ1v) is 7.34. The van der Waals surface area contributed by atoms with Gasteiger partial charge in [-0.25, -0.2) is 0 Å². The number of carbonyl (C=O) groups excluding carboxylic acids is 1. The molecule has 1 aliphatic carbocycles. The molecule has 3 heteroatoms. The van der Waals surface area contributed by atoms with Crippen molar-refractivity contribution in [2.45, 2.75) is 46.1 Å². The molecule has 0 amide bonds. The molecule has 0 aliphatic heterocycles. The molecule has 0 spiro atoms. The molecule has 0 heterocycles. The number of hydrogen-bond donors (Lipinski definition) is 0. The van der Waals surface area contributed by atoms with E-state index in [-0.39, 0.29) is 5.78 Å². The third-order valence-corrected chi connectivity index (χ3v) is 3.75. The summed E-state index contributed by atoms with van der Waals surface area (Å²) in [4.78, 5) is 14.2. The second-order valence-corrected chi connectivity index (χ2v) is 6.01. The van der Waals surface area contributed by atoms with Gasteiger partial charge in [0.25, 0.3) is 0 Å². The highest BCUT2D eigenvalue weighted by Crippen LogP contribution is 2.34. The fourth-order valence-electron chi connectivity index (χ4n) is 2.42. The number of hydrogen-bond acceptors (Lipinski definition) is 3. The summed E-state index contributed by atoms with van der Waals surface area (Å²) in [7, 11) is 0. The summed E-state index contributed by atoms with van der Waals surface area (Å²) < 4.78 is 0. The Morgan fingerprint density at radius 2 is 2.15 bits per heavy atom. The molecule has 0 unspecified atom stereocenters. The predicted octanol–water partition coefficient (Wildman–Crippen LogP) is 3.78. The van der Waals surface area contributed by atoms with Gasteiger partial charge in [-0.1, -0.05) is 13.8 Å². The zero-order valence-corrected chi connectivity index (χ0v) is 12.5. The third kappa shape index (κ3) is 3.39. The summed E-state index contributed by atoms with van der Waals surface area (Å²) in [5.41, 5.74) is 2.31. The summed E-state index contributed by atoms with van der Waals surface area (Å²) in [6.45, 7) is 6.97. The molecule has 1 fully saturated rings. The van der Waals surface area contributed by atoms with Crippen LogP contribution in [-0.2, 0) is 0 Å². The lowest BCUT2D eigenvalue weighted by Crippen LogP contribution is -2.29. The summed E-state index contributed by atoms with van der Waals surface area (Å²) in [5.74, 6) is 0.705. The van der Waals surface area contributed by atoms with Gasteiger partial charge in [0.15, 0.2) is 5.78 Å². The van der Waals surface area contributed by atoms with E-state index in [9.17, 15) is 4.79 Å². The monoisotopic (exact) mass is 270 g/mol. The van der Waals surface area contributed by atoms with Crippen LogP contribution in [0.3, 0.4) is 0 Å². The Labute approximate surface area is 121 Å². The number of anilines is 1. The standard InChI is InChI=1S/C17H22N2O/c1-12(2)8-9-19(15-5-6-15)17-10-14(11-18)4-7-16(17)13(3)20/h4,7,10,12,15H,5-6,8-9H2,1-3H3. The molecule has 0 saturated heterocycles. The van der Waals surface area contributed by atoms with Crippen molar-refractivity contribution in [2.75, 3.05) is 11.4 Å². The lowest BCUT2D eigenvalue weighted by Gasteiger charge is -2.27. The fourth-order valence-corrected chi connectivity index (χ4v) is 2.42. The zero-order valence-electron chi connectivity index (χ0n) is 12.5. The van der Waals surface area contributed by atoms with Crippen LogP contribution < -0.4 is 4.90 Å². The molecule has 106 valence electrons. The number of rotatable bonds is 6. The van der Waals surface area contributed by atoms with Crippen LogP contribution in [0.4, 0.5) is 5.69 Å². The van der Waals surface area contributed by atoms with Gasteiger partial charge in [0, 0.05) is 23.8 Å². The Morgan fingerprint density at radius 1 is 1.45 bits per heavy atom. The van der Waals surface area contributed by atoms with Gasteiger partial charge in [0.1, 0.15) is 0 Å². The molecule has 0 radical (unpaired) electrons. The average Bonchev–Trinajstić information content (AvgIpc) is 3.22. The van der Waals surface area contributed by atoms with Crippen LogP contribution in [0.5, 0.6) is 0 Å². The van der Waals surface area contributed by atoms with Gasteiger partial charge in [-0.15, -0.1) is 0 Å². The second-order valence-electron chi connectivity index (χ2n) is 6.01. The quantitative estimate of drug-likeness (QED) is 0.739. The number of benzene rings is 1. The van der Waals surface area contributed by atoms with Gasteiger partial charge in [0.2, 0.25) is 0 Å². The first-order valence-electron chi connectivity index (χ1n) is 7.34. The largest absolute Gasteiger partial charge is 0.368 e. The second kappa shape index (κ2) is 6.09. The predicted molar refractivity (Wildman–Crippen MR) is 81.0 cm³/mol. The van der Waals surface area contributed by atoms with Crippen molar-refractivity contribution in [1.82, 2.24) is 0 Å². The van der Waals surface area contributed by atoms with E-state index in [1.54, 1.807) is 19.1 Å². The highest BCUT2D eigenvalue weighted by atomic mass is 16.1. The molecule has 0 N–H and O–H groups in total. The molecule has 2 rings (SSSR count). The summed E-state index contributed by atoms with van der Waals surface area (Å²) >= 11 is 0. The number of carbonyl (C=O) groups is 1. The van der Waals surface area contributed by atoms with Crippen molar-refractivity contribution in [3.63, 3.8) is 0 Å². The van der Waals surface area contributed by atoms with E-state index in [1.165, 1.54) is 12.8 Å². The highest BCUT2D eigenvalue weighted by Gasteiger charge is 2.31. The van der Waals surface area contributed by atoms with Crippen molar-refractivity contribution in [1.29, 1.82) is 5.26 Å². The zero-order chi connectivity index (χ0) is 14.7. The van der Waals surface area contributed by atoms with Crippen LogP contribution in [0.25, 0.3) is 0 Å². The molecule has 1 aliphatic rings. The van der Waals surface area contributed by atoms with E-state index in [4.69, 9.17) is 5.26 Å². The summed E-state index contributed by atoms with van der Waals surface area (Å²) in [6.07, 6.45) is 3.48. The Bertz CT molecular complexity index is 538. The molecule has 0 bridgehead atoms. The molecule has 20 heavy (non-hydrogen) atoms. The first-order chi connectivity index (χ1) is 9.52. The van der Waals surface area contributed by atoms with Gasteiger partial charge in [0.05, 0.1) is 11.6 Å². The van der Waals surface area contributed by atoms with Crippen LogP contribution in [0.2, 0.25) is 0 Å². The van der Waals surface area contributed by atoms with Crippen LogP contribution in [0.15, 0.2) is 18.2 Å². The van der Waals surface area contributed by atoms with Gasteiger partial charge in [-0.2, -0.15) is 5.26 Å². The number of Topliss-reactive ketones (excluding diaryl/α,β-unsaturated/α-hetero) is 1. The lowest BCUT2D eigenvalue weighted by molar-refractivity contribution is 0.101. The SMILES string of the molecule is CC(=O)c1ccc(C#N)cc1N(CCC(C)C)C1CC1. The van der Waals surface area contributed by atoms with Gasteiger partial charge < -0.3 is 4.90 Å². The van der Waals surface area contributed by atoms with Crippen LogP contribution in [0, 0.1) is 17.2 Å². The average molecular weight is 270 g/mol. The molecule has 3 nitrogen and oxygen atoms in total. The normalized spacial score (nSPS) is 14.2. The van der Waals surface area contributed by atoms with Crippen molar-refractivity contribution < 1.29 is 4.79 Å². The molecule has 0 aromatic heterocycles. The minimum Gasteiger partial charge on any atom is -0.368 e. The van der Waals surface area contributed by atoms with Crippen molar-refractivity contribution in [3.05, 3.63) is 29.3 Å². The molecular formula is C17H22N2O. The van der Waals surface area contributed by atoms with E-state index >= 15 is 0 Å². The molecular weight excluding hydrogens is 248 g/mol. The van der Waals surface area contributed by atoms with E-state index in [1.807, 2.05) is 6.07 Å². The Morgan fingerprint density at radius 3 is 2.65 bits per heavy atom. The van der Waals surface area contributed by atoms with E-state index < -0.39 is 0 Å². The Balaban J connectivity index is 2.35. The molecule has 1 aromatic rings. The fraction of sp³-hybridized carbons (Fsp3) is 0.529. The van der Waals surface area contributed by atoms with Crippen molar-refractivity contribution >= 4 is 11.5 Å². The Kier molecular flexibility index (Phi) is 4.44. The first kappa shape index (κ1) is 14.6. The van der Waals surface area contributed by atoms with E-state index in [2.05, 4.69) is 24.8 Å². The van der Waals surface area contributed by atoms with E-state index in [0.29, 0.717) is 17.5 Å².